The number of hydrogen-bond acceptors (Lipinski definition) is 5. The lowest BCUT2D eigenvalue weighted by molar-refractivity contribution is -0.129. The van der Waals surface area contributed by atoms with Crippen LogP contribution in [0.25, 0.3) is 0 Å². The quantitative estimate of drug-likeness (QED) is 0.622. The zero-order valence-corrected chi connectivity index (χ0v) is 16.8. The van der Waals surface area contributed by atoms with Crippen LogP contribution in [0.1, 0.15) is 11.1 Å². The molecule has 2 aromatic rings. The largest absolute Gasteiger partial charge is 0.497 e. The Morgan fingerprint density at radius 1 is 1.07 bits per heavy atom. The number of benzene rings is 2. The molecule has 0 atom stereocenters. The molecule has 0 heterocycles. The van der Waals surface area contributed by atoms with Crippen molar-refractivity contribution < 1.29 is 9.53 Å². The van der Waals surface area contributed by atoms with Crippen LogP contribution in [0.3, 0.4) is 0 Å². The summed E-state index contributed by atoms with van der Waals surface area (Å²) in [5.41, 5.74) is 1.65. The average molecular weight is 384 g/mol. The molecule has 0 bridgehead atoms. The zero-order valence-electron chi connectivity index (χ0n) is 16.0. The Bertz CT molecular complexity index is 768. The van der Waals surface area contributed by atoms with E-state index in [0.717, 1.165) is 22.8 Å². The number of hydrogen-bond donors (Lipinski definition) is 0. The van der Waals surface area contributed by atoms with Crippen LogP contribution in [-0.2, 0) is 11.3 Å². The second kappa shape index (κ2) is 10.6. The molecule has 0 aromatic heterocycles. The lowest BCUT2D eigenvalue weighted by Crippen LogP contribution is -2.37. The first-order chi connectivity index (χ1) is 13.0. The van der Waals surface area contributed by atoms with Crippen molar-refractivity contribution in [3.8, 4) is 11.8 Å². The minimum Gasteiger partial charge on any atom is -0.497 e. The molecular weight excluding hydrogens is 358 g/mol. The molecule has 0 N–H and O–H groups in total. The second-order valence-corrected chi connectivity index (χ2v) is 7.44. The SMILES string of the molecule is COc1ccc(SCC(=O)N(CCN(C)C)Cc2ccc(C#N)cc2)cc1. The number of nitrogens with zero attached hydrogens (tertiary/aromatic N) is 3. The molecule has 0 spiro atoms. The summed E-state index contributed by atoms with van der Waals surface area (Å²) in [6.45, 7) is 2.01. The van der Waals surface area contributed by atoms with Gasteiger partial charge in [0.1, 0.15) is 5.75 Å². The first kappa shape index (κ1) is 20.8. The molecule has 0 saturated heterocycles. The maximum absolute atomic E-state index is 12.8. The van der Waals surface area contributed by atoms with Crippen LogP contribution < -0.4 is 4.74 Å². The molecule has 2 rings (SSSR count). The number of nitriles is 1. The van der Waals surface area contributed by atoms with Gasteiger partial charge in [0.25, 0.3) is 0 Å². The summed E-state index contributed by atoms with van der Waals surface area (Å²) in [6.07, 6.45) is 0. The number of carbonyl (C=O) groups excluding carboxylic acids is 1. The first-order valence-electron chi connectivity index (χ1n) is 8.70. The monoisotopic (exact) mass is 383 g/mol. The van der Waals surface area contributed by atoms with Crippen LogP contribution in [0.2, 0.25) is 0 Å². The van der Waals surface area contributed by atoms with E-state index in [-0.39, 0.29) is 5.91 Å². The summed E-state index contributed by atoms with van der Waals surface area (Å²) in [5.74, 6) is 1.29. The molecule has 5 nitrogen and oxygen atoms in total. The van der Waals surface area contributed by atoms with Gasteiger partial charge in [-0.3, -0.25) is 4.79 Å². The molecule has 0 aliphatic carbocycles. The van der Waals surface area contributed by atoms with Gasteiger partial charge in [0.05, 0.1) is 24.5 Å². The van der Waals surface area contributed by atoms with Crippen molar-refractivity contribution >= 4 is 17.7 Å². The summed E-state index contributed by atoms with van der Waals surface area (Å²) >= 11 is 1.52. The number of ether oxygens (including phenoxy) is 1. The third-order valence-corrected chi connectivity index (χ3v) is 5.04. The number of likely N-dealkylation sites (N-methyl/N-ethyl adjacent to an activating group) is 1. The predicted molar refractivity (Wildman–Crippen MR) is 109 cm³/mol. The van der Waals surface area contributed by atoms with Crippen molar-refractivity contribution in [2.24, 2.45) is 0 Å². The summed E-state index contributed by atoms with van der Waals surface area (Å²) in [6, 6.07) is 17.2. The standard InChI is InChI=1S/C21H25N3O2S/c1-23(2)12-13-24(15-18-6-4-17(14-22)5-7-18)21(25)16-27-20-10-8-19(26-3)9-11-20/h4-11H,12-13,15-16H2,1-3H3. The third kappa shape index (κ3) is 6.97. The number of thioether (sulfide) groups is 1. The topological polar surface area (TPSA) is 56.6 Å². The second-order valence-electron chi connectivity index (χ2n) is 6.39. The summed E-state index contributed by atoms with van der Waals surface area (Å²) in [5, 5.41) is 8.92. The molecule has 0 unspecified atom stereocenters. The Morgan fingerprint density at radius 2 is 1.74 bits per heavy atom. The van der Waals surface area contributed by atoms with Gasteiger partial charge in [0, 0.05) is 24.5 Å². The summed E-state index contributed by atoms with van der Waals surface area (Å²) in [4.78, 5) is 17.8. The Labute approximate surface area is 165 Å². The van der Waals surface area contributed by atoms with Crippen molar-refractivity contribution in [2.45, 2.75) is 11.4 Å². The fourth-order valence-corrected chi connectivity index (χ4v) is 3.23. The van der Waals surface area contributed by atoms with Crippen LogP contribution in [0.5, 0.6) is 5.75 Å². The van der Waals surface area contributed by atoms with E-state index in [0.29, 0.717) is 24.4 Å². The van der Waals surface area contributed by atoms with E-state index in [1.54, 1.807) is 19.2 Å². The minimum atomic E-state index is 0.0991. The van der Waals surface area contributed by atoms with Gasteiger partial charge in [-0.1, -0.05) is 12.1 Å². The van der Waals surface area contributed by atoms with Crippen molar-refractivity contribution in [2.75, 3.05) is 40.0 Å². The van der Waals surface area contributed by atoms with E-state index in [1.165, 1.54) is 11.8 Å². The Kier molecular flexibility index (Phi) is 8.18. The van der Waals surface area contributed by atoms with Gasteiger partial charge < -0.3 is 14.5 Å². The van der Waals surface area contributed by atoms with Gasteiger partial charge in [0.2, 0.25) is 5.91 Å². The lowest BCUT2D eigenvalue weighted by atomic mass is 10.1. The van der Waals surface area contributed by atoms with Gasteiger partial charge in [-0.05, 0) is 56.1 Å². The van der Waals surface area contributed by atoms with E-state index in [9.17, 15) is 4.79 Å². The fraction of sp³-hybridized carbons (Fsp3) is 0.333. The van der Waals surface area contributed by atoms with Gasteiger partial charge in [0.15, 0.2) is 0 Å². The molecule has 2 aromatic carbocycles. The molecule has 1 amide bonds. The predicted octanol–water partition coefficient (Wildman–Crippen LogP) is 3.25. The molecule has 6 heteroatoms. The van der Waals surface area contributed by atoms with Crippen molar-refractivity contribution in [3.63, 3.8) is 0 Å². The highest BCUT2D eigenvalue weighted by atomic mass is 32.2. The fourth-order valence-electron chi connectivity index (χ4n) is 2.43. The van der Waals surface area contributed by atoms with Crippen LogP contribution in [0.15, 0.2) is 53.4 Å². The Hall–Kier alpha value is -2.49. The third-order valence-electron chi connectivity index (χ3n) is 4.05. The van der Waals surface area contributed by atoms with E-state index >= 15 is 0 Å². The molecule has 0 radical (unpaired) electrons. The van der Waals surface area contributed by atoms with Crippen LogP contribution in [0, 0.1) is 11.3 Å². The summed E-state index contributed by atoms with van der Waals surface area (Å²) in [7, 11) is 5.63. The molecule has 0 aliphatic rings. The lowest BCUT2D eigenvalue weighted by Gasteiger charge is -2.24. The minimum absolute atomic E-state index is 0.0991. The maximum Gasteiger partial charge on any atom is 0.233 e. The number of rotatable bonds is 9. The highest BCUT2D eigenvalue weighted by Crippen LogP contribution is 2.22. The normalized spacial score (nSPS) is 10.5. The van der Waals surface area contributed by atoms with E-state index < -0.39 is 0 Å². The molecule has 0 fully saturated rings. The van der Waals surface area contributed by atoms with Crippen LogP contribution in [-0.4, -0.2) is 55.8 Å². The Balaban J connectivity index is 1.99. The molecule has 0 saturated carbocycles. The van der Waals surface area contributed by atoms with Crippen molar-refractivity contribution in [1.82, 2.24) is 9.80 Å². The highest BCUT2D eigenvalue weighted by Gasteiger charge is 2.15. The Morgan fingerprint density at radius 3 is 2.30 bits per heavy atom. The van der Waals surface area contributed by atoms with E-state index in [1.807, 2.05) is 55.4 Å². The van der Waals surface area contributed by atoms with Crippen LogP contribution in [0.4, 0.5) is 0 Å². The van der Waals surface area contributed by atoms with Gasteiger partial charge in [-0.2, -0.15) is 5.26 Å². The number of amides is 1. The molecular formula is C21H25N3O2S. The number of methoxy groups -OCH3 is 1. The first-order valence-corrected chi connectivity index (χ1v) is 9.69. The van der Waals surface area contributed by atoms with Crippen molar-refractivity contribution in [3.05, 3.63) is 59.7 Å². The molecule has 27 heavy (non-hydrogen) atoms. The molecule has 0 aliphatic heterocycles. The van der Waals surface area contributed by atoms with Crippen molar-refractivity contribution in [1.29, 1.82) is 5.26 Å². The average Bonchev–Trinajstić information content (AvgIpc) is 2.70. The highest BCUT2D eigenvalue weighted by molar-refractivity contribution is 8.00. The summed E-state index contributed by atoms with van der Waals surface area (Å²) < 4.78 is 5.16. The van der Waals surface area contributed by atoms with Gasteiger partial charge >= 0.3 is 0 Å². The van der Waals surface area contributed by atoms with Gasteiger partial charge in [-0.15, -0.1) is 11.8 Å². The molecule has 142 valence electrons. The smallest absolute Gasteiger partial charge is 0.233 e. The maximum atomic E-state index is 12.8. The zero-order chi connectivity index (χ0) is 19.6. The van der Waals surface area contributed by atoms with Crippen LogP contribution >= 0.6 is 11.8 Å². The number of carbonyl (C=O) groups is 1. The van der Waals surface area contributed by atoms with Gasteiger partial charge in [-0.25, -0.2) is 0 Å². The van der Waals surface area contributed by atoms with E-state index in [2.05, 4.69) is 11.0 Å². The van der Waals surface area contributed by atoms with E-state index in [4.69, 9.17) is 10.00 Å².